The van der Waals surface area contributed by atoms with Gasteiger partial charge in [0.25, 0.3) is 0 Å². The van der Waals surface area contributed by atoms with Crippen molar-refractivity contribution in [1.82, 2.24) is 19.2 Å². The molecule has 0 aliphatic carbocycles. The highest BCUT2D eigenvalue weighted by molar-refractivity contribution is 14.1. The zero-order valence-electron chi connectivity index (χ0n) is 8.79. The first kappa shape index (κ1) is 10.7. The van der Waals surface area contributed by atoms with Gasteiger partial charge in [-0.1, -0.05) is 6.07 Å². The van der Waals surface area contributed by atoms with E-state index < -0.39 is 0 Å². The van der Waals surface area contributed by atoms with Crippen molar-refractivity contribution in [3.63, 3.8) is 0 Å². The van der Waals surface area contributed by atoms with Crippen LogP contribution < -0.4 is 0 Å². The van der Waals surface area contributed by atoms with Crippen LogP contribution in [0.4, 0.5) is 0 Å². The molecule has 0 amide bonds. The Kier molecular flexibility index (Phi) is 2.60. The number of aliphatic hydroxyl groups is 1. The second-order valence-electron chi connectivity index (χ2n) is 3.57. The number of hydrogen-bond donors (Lipinski definition) is 1. The third-order valence-electron chi connectivity index (χ3n) is 2.53. The summed E-state index contributed by atoms with van der Waals surface area (Å²) in [4.78, 5) is 4.47. The Morgan fingerprint density at radius 3 is 2.94 bits per heavy atom. The Labute approximate surface area is 111 Å². The van der Waals surface area contributed by atoms with Crippen LogP contribution in [0.2, 0.25) is 0 Å². The first-order valence-electron chi connectivity index (χ1n) is 5.07. The van der Waals surface area contributed by atoms with Gasteiger partial charge in [-0.05, 0) is 34.7 Å². The number of aromatic nitrogens is 4. The number of aliphatic hydroxyl groups excluding tert-OH is 1. The van der Waals surface area contributed by atoms with Crippen molar-refractivity contribution in [3.8, 4) is 5.82 Å². The normalized spacial score (nSPS) is 11.2. The lowest BCUT2D eigenvalue weighted by atomic mass is 10.4. The summed E-state index contributed by atoms with van der Waals surface area (Å²) in [6.45, 7) is -0.0725. The summed E-state index contributed by atoms with van der Waals surface area (Å²) in [5.41, 5.74) is 1.54. The van der Waals surface area contributed by atoms with Crippen LogP contribution >= 0.6 is 22.6 Å². The van der Waals surface area contributed by atoms with Gasteiger partial charge in [0, 0.05) is 12.4 Å². The van der Waals surface area contributed by atoms with Crippen molar-refractivity contribution < 1.29 is 5.11 Å². The van der Waals surface area contributed by atoms with Crippen molar-refractivity contribution in [2.45, 2.75) is 6.61 Å². The minimum Gasteiger partial charge on any atom is -0.390 e. The topological polar surface area (TPSA) is 55.3 Å². The summed E-state index contributed by atoms with van der Waals surface area (Å²) in [7, 11) is 0. The number of hydrogen-bond acceptors (Lipinski definition) is 3. The minimum absolute atomic E-state index is 0.0725. The molecule has 17 heavy (non-hydrogen) atoms. The molecule has 3 aromatic heterocycles. The first-order valence-corrected chi connectivity index (χ1v) is 6.15. The highest BCUT2D eigenvalue weighted by atomic mass is 127. The SMILES string of the molecule is OCc1c(-n2cc(I)cn2)nc2ccccn12. The number of pyridine rings is 1. The van der Waals surface area contributed by atoms with Gasteiger partial charge in [-0.2, -0.15) is 5.10 Å². The van der Waals surface area contributed by atoms with Gasteiger partial charge in [-0.3, -0.25) is 4.40 Å². The Hall–Kier alpha value is -1.41. The van der Waals surface area contributed by atoms with Gasteiger partial charge in [0.2, 0.25) is 0 Å². The lowest BCUT2D eigenvalue weighted by molar-refractivity contribution is 0.275. The molecular weight excluding hydrogens is 331 g/mol. The third-order valence-corrected chi connectivity index (χ3v) is 3.08. The molecule has 0 spiro atoms. The number of nitrogens with zero attached hydrogens (tertiary/aromatic N) is 4. The molecule has 3 heterocycles. The van der Waals surface area contributed by atoms with E-state index in [1.54, 1.807) is 10.9 Å². The summed E-state index contributed by atoms with van der Waals surface area (Å²) >= 11 is 2.19. The summed E-state index contributed by atoms with van der Waals surface area (Å²) in [5.74, 6) is 0.668. The van der Waals surface area contributed by atoms with E-state index in [1.165, 1.54) is 0 Å². The summed E-state index contributed by atoms with van der Waals surface area (Å²) < 4.78 is 4.58. The fraction of sp³-hybridized carbons (Fsp3) is 0.0909. The van der Waals surface area contributed by atoms with Gasteiger partial charge in [0.1, 0.15) is 5.65 Å². The molecule has 0 radical (unpaired) electrons. The van der Waals surface area contributed by atoms with Crippen LogP contribution in [0, 0.1) is 3.57 Å². The Balaban J connectivity index is 2.29. The smallest absolute Gasteiger partial charge is 0.178 e. The van der Waals surface area contributed by atoms with E-state index in [4.69, 9.17) is 0 Å². The van der Waals surface area contributed by atoms with E-state index in [9.17, 15) is 5.11 Å². The average Bonchev–Trinajstić information content (AvgIpc) is 2.91. The maximum Gasteiger partial charge on any atom is 0.178 e. The van der Waals surface area contributed by atoms with E-state index in [0.717, 1.165) is 14.9 Å². The van der Waals surface area contributed by atoms with Crippen LogP contribution in [0.1, 0.15) is 5.69 Å². The summed E-state index contributed by atoms with van der Waals surface area (Å²) in [5, 5.41) is 13.7. The van der Waals surface area contributed by atoms with Crippen LogP contribution in [-0.2, 0) is 6.61 Å². The quantitative estimate of drug-likeness (QED) is 0.722. The predicted molar refractivity (Wildman–Crippen MR) is 71.0 cm³/mol. The molecule has 1 N–H and O–H groups in total. The van der Waals surface area contributed by atoms with E-state index >= 15 is 0 Å². The number of fused-ring (bicyclic) bond motifs is 1. The molecule has 0 atom stereocenters. The van der Waals surface area contributed by atoms with Gasteiger partial charge < -0.3 is 5.11 Å². The lowest BCUT2D eigenvalue weighted by Crippen LogP contribution is -2.01. The zero-order valence-corrected chi connectivity index (χ0v) is 10.9. The maximum atomic E-state index is 9.47. The first-order chi connectivity index (χ1) is 8.29. The van der Waals surface area contributed by atoms with Crippen LogP contribution in [-0.4, -0.2) is 24.3 Å². The largest absolute Gasteiger partial charge is 0.390 e. The molecule has 0 bridgehead atoms. The van der Waals surface area contributed by atoms with Crippen molar-refractivity contribution in [3.05, 3.63) is 46.1 Å². The standard InChI is InChI=1S/C11H9IN4O/c12-8-5-13-16(6-8)11-9(7-17)15-4-2-1-3-10(15)14-11/h1-6,17H,7H2. The van der Waals surface area contributed by atoms with Gasteiger partial charge in [0.05, 0.1) is 22.1 Å². The highest BCUT2D eigenvalue weighted by Gasteiger charge is 2.13. The average molecular weight is 340 g/mol. The van der Waals surface area contributed by atoms with E-state index in [-0.39, 0.29) is 6.61 Å². The second-order valence-corrected chi connectivity index (χ2v) is 4.82. The summed E-state index contributed by atoms with van der Waals surface area (Å²) in [6, 6.07) is 5.72. The van der Waals surface area contributed by atoms with Crippen molar-refractivity contribution in [1.29, 1.82) is 0 Å². The molecule has 0 aromatic carbocycles. The fourth-order valence-electron chi connectivity index (χ4n) is 1.78. The molecule has 3 rings (SSSR count). The molecule has 86 valence electrons. The molecule has 3 aromatic rings. The third kappa shape index (κ3) is 1.73. The van der Waals surface area contributed by atoms with E-state index in [2.05, 4.69) is 32.7 Å². The molecule has 0 aliphatic rings. The van der Waals surface area contributed by atoms with Crippen molar-refractivity contribution in [2.24, 2.45) is 0 Å². The number of imidazole rings is 1. The molecule has 6 heteroatoms. The van der Waals surface area contributed by atoms with Crippen molar-refractivity contribution in [2.75, 3.05) is 0 Å². The molecule has 5 nitrogen and oxygen atoms in total. The van der Waals surface area contributed by atoms with E-state index in [1.807, 2.05) is 35.0 Å². The lowest BCUT2D eigenvalue weighted by Gasteiger charge is -2.00. The van der Waals surface area contributed by atoms with Crippen molar-refractivity contribution >= 4 is 28.2 Å². The minimum atomic E-state index is -0.0725. The maximum absolute atomic E-state index is 9.47. The summed E-state index contributed by atoms with van der Waals surface area (Å²) in [6.07, 6.45) is 5.51. The van der Waals surface area contributed by atoms with Gasteiger partial charge >= 0.3 is 0 Å². The predicted octanol–water partition coefficient (Wildman–Crippen LogP) is 1.62. The van der Waals surface area contributed by atoms with Gasteiger partial charge in [-0.25, -0.2) is 9.67 Å². The Morgan fingerprint density at radius 2 is 2.24 bits per heavy atom. The molecule has 0 fully saturated rings. The number of rotatable bonds is 2. The second kappa shape index (κ2) is 4.11. The van der Waals surface area contributed by atoms with Crippen LogP contribution in [0.3, 0.4) is 0 Å². The zero-order chi connectivity index (χ0) is 11.8. The molecule has 0 saturated carbocycles. The highest BCUT2D eigenvalue weighted by Crippen LogP contribution is 2.17. The van der Waals surface area contributed by atoms with Crippen LogP contribution in [0.25, 0.3) is 11.5 Å². The Bertz CT molecular complexity index is 673. The van der Waals surface area contributed by atoms with Gasteiger partial charge in [-0.15, -0.1) is 0 Å². The van der Waals surface area contributed by atoms with Gasteiger partial charge in [0.15, 0.2) is 5.82 Å². The molecular formula is C11H9IN4O. The van der Waals surface area contributed by atoms with E-state index in [0.29, 0.717) is 5.82 Å². The Morgan fingerprint density at radius 1 is 1.35 bits per heavy atom. The molecule has 0 unspecified atom stereocenters. The number of halogens is 1. The molecule has 0 aliphatic heterocycles. The van der Waals surface area contributed by atoms with Crippen LogP contribution in [0.15, 0.2) is 36.8 Å². The van der Waals surface area contributed by atoms with Crippen LogP contribution in [0.5, 0.6) is 0 Å². The molecule has 0 saturated heterocycles. The fourth-order valence-corrected chi connectivity index (χ4v) is 2.17. The monoisotopic (exact) mass is 340 g/mol.